The minimum absolute atomic E-state index is 0.00115. The average molecular weight is 508 g/mol. The normalized spacial score (nSPS) is 18.2. The predicted molar refractivity (Wildman–Crippen MR) is 140 cm³/mol. The van der Waals surface area contributed by atoms with Gasteiger partial charge in [0.1, 0.15) is 11.9 Å². The molecule has 5 nitrogen and oxygen atoms in total. The lowest BCUT2D eigenvalue weighted by molar-refractivity contribution is -0.171. The van der Waals surface area contributed by atoms with Crippen molar-refractivity contribution < 1.29 is 19.1 Å². The van der Waals surface area contributed by atoms with Gasteiger partial charge in [0, 0.05) is 23.3 Å². The molecule has 0 N–H and O–H groups in total. The minimum atomic E-state index is -0.507. The van der Waals surface area contributed by atoms with Crippen molar-refractivity contribution in [2.45, 2.75) is 46.9 Å². The lowest BCUT2D eigenvalue weighted by Crippen LogP contribution is -2.67. The molecule has 0 bridgehead atoms. The van der Waals surface area contributed by atoms with E-state index < -0.39 is 12.0 Å². The number of ether oxygens (including phenoxy) is 2. The molecule has 0 aromatic heterocycles. The molecule has 0 saturated carbocycles. The van der Waals surface area contributed by atoms with Crippen LogP contribution in [-0.2, 0) is 20.9 Å². The van der Waals surface area contributed by atoms with Gasteiger partial charge in [-0.1, -0.05) is 48.5 Å². The van der Waals surface area contributed by atoms with Crippen LogP contribution in [0.2, 0.25) is 0 Å². The minimum Gasteiger partial charge on any atom is -0.497 e. The number of benzene rings is 3. The first-order valence-electron chi connectivity index (χ1n) is 11.5. The maximum Gasteiger partial charge on any atom is 0.302 e. The van der Waals surface area contributed by atoms with Crippen molar-refractivity contribution in [1.82, 2.24) is 4.90 Å². The van der Waals surface area contributed by atoms with Gasteiger partial charge in [0.2, 0.25) is 5.91 Å². The van der Waals surface area contributed by atoms with Crippen molar-refractivity contribution >= 4 is 35.4 Å². The number of esters is 1. The van der Waals surface area contributed by atoms with Gasteiger partial charge in [-0.15, -0.1) is 23.5 Å². The van der Waals surface area contributed by atoms with Crippen molar-refractivity contribution in [2.75, 3.05) is 7.11 Å². The molecule has 1 aliphatic rings. The van der Waals surface area contributed by atoms with Gasteiger partial charge in [-0.3, -0.25) is 9.59 Å². The van der Waals surface area contributed by atoms with Crippen LogP contribution in [0.3, 0.4) is 0 Å². The Hall–Kier alpha value is -2.90. The molecule has 1 aliphatic heterocycles. The van der Waals surface area contributed by atoms with Crippen LogP contribution < -0.4 is 4.74 Å². The van der Waals surface area contributed by atoms with E-state index in [0.29, 0.717) is 6.54 Å². The SMILES string of the molecule is COc1ccc(CN2C(=O)[C@@H]([C@@H](C)OC(C)=O)[C@@H]2C(Sc2ccccc2)Sc2ccccc2)cc1. The Morgan fingerprint density at radius 1 is 0.914 bits per heavy atom. The molecule has 0 radical (unpaired) electrons. The van der Waals surface area contributed by atoms with E-state index in [0.717, 1.165) is 21.1 Å². The summed E-state index contributed by atoms with van der Waals surface area (Å²) in [6.45, 7) is 3.69. The molecule has 3 aromatic carbocycles. The maximum atomic E-state index is 13.4. The van der Waals surface area contributed by atoms with E-state index in [-0.39, 0.29) is 22.5 Å². The van der Waals surface area contributed by atoms with Crippen LogP contribution in [0.25, 0.3) is 0 Å². The van der Waals surface area contributed by atoms with Crippen molar-refractivity contribution in [3.05, 3.63) is 90.5 Å². The van der Waals surface area contributed by atoms with E-state index in [1.54, 1.807) is 30.6 Å². The number of β-lactam (4-membered cyclic amide) rings is 1. The third-order valence-electron chi connectivity index (χ3n) is 5.94. The maximum absolute atomic E-state index is 13.4. The first kappa shape index (κ1) is 25.2. The van der Waals surface area contributed by atoms with Crippen LogP contribution in [0.1, 0.15) is 19.4 Å². The van der Waals surface area contributed by atoms with Gasteiger partial charge in [-0.05, 0) is 48.9 Å². The van der Waals surface area contributed by atoms with Crippen LogP contribution >= 0.6 is 23.5 Å². The van der Waals surface area contributed by atoms with Crippen LogP contribution in [0.5, 0.6) is 5.75 Å². The highest BCUT2D eigenvalue weighted by atomic mass is 32.2. The summed E-state index contributed by atoms with van der Waals surface area (Å²) in [7, 11) is 1.64. The van der Waals surface area contributed by atoms with Crippen LogP contribution in [0.4, 0.5) is 0 Å². The number of methoxy groups -OCH3 is 1. The Morgan fingerprint density at radius 2 is 1.46 bits per heavy atom. The summed E-state index contributed by atoms with van der Waals surface area (Å²) < 4.78 is 10.8. The zero-order valence-corrected chi connectivity index (χ0v) is 21.6. The number of hydrogen-bond acceptors (Lipinski definition) is 6. The molecular weight excluding hydrogens is 478 g/mol. The Balaban J connectivity index is 1.66. The van der Waals surface area contributed by atoms with Crippen LogP contribution in [-0.4, -0.2) is 40.6 Å². The smallest absolute Gasteiger partial charge is 0.302 e. The molecule has 0 aliphatic carbocycles. The zero-order chi connectivity index (χ0) is 24.8. The second-order valence-electron chi connectivity index (χ2n) is 8.38. The van der Waals surface area contributed by atoms with Gasteiger partial charge in [0.25, 0.3) is 0 Å². The first-order chi connectivity index (χ1) is 17.0. The van der Waals surface area contributed by atoms with Crippen LogP contribution in [0.15, 0.2) is 94.7 Å². The highest BCUT2D eigenvalue weighted by molar-refractivity contribution is 8.17. The Bertz CT molecular complexity index is 1080. The quantitative estimate of drug-likeness (QED) is 0.148. The number of nitrogens with zero attached hydrogens (tertiary/aromatic N) is 1. The van der Waals surface area contributed by atoms with E-state index in [2.05, 4.69) is 24.3 Å². The summed E-state index contributed by atoms with van der Waals surface area (Å²) in [4.78, 5) is 29.3. The molecule has 7 heteroatoms. The fourth-order valence-corrected chi connectivity index (χ4v) is 7.20. The highest BCUT2D eigenvalue weighted by Gasteiger charge is 2.54. The predicted octanol–water partition coefficient (Wildman–Crippen LogP) is 5.88. The van der Waals surface area contributed by atoms with Gasteiger partial charge in [-0.25, -0.2) is 0 Å². The molecule has 0 spiro atoms. The molecule has 3 atom stereocenters. The van der Waals surface area contributed by atoms with Gasteiger partial charge in [0.05, 0.1) is 23.7 Å². The number of carbonyl (C=O) groups is 2. The second-order valence-corrected chi connectivity index (χ2v) is 11.1. The molecule has 35 heavy (non-hydrogen) atoms. The molecule has 1 amide bonds. The standard InChI is InChI=1S/C28H29NO4S2/c1-19(33-20(2)30)25-26(29(27(25)31)18-21-14-16-22(32-3)17-15-21)28(34-23-10-6-4-7-11-23)35-24-12-8-5-9-13-24/h4-17,19,25-26,28H,18H2,1-3H3/t19-,25+,26-/m1/s1. The van der Waals surface area contributed by atoms with Gasteiger partial charge >= 0.3 is 5.97 Å². The van der Waals surface area contributed by atoms with Gasteiger partial charge in [-0.2, -0.15) is 0 Å². The Kier molecular flexibility index (Phi) is 8.42. The largest absolute Gasteiger partial charge is 0.497 e. The molecule has 182 valence electrons. The molecule has 3 aromatic rings. The third-order valence-corrected chi connectivity index (χ3v) is 8.62. The second kappa shape index (κ2) is 11.7. The number of amides is 1. The van der Waals surface area contributed by atoms with Gasteiger partial charge < -0.3 is 14.4 Å². The summed E-state index contributed by atoms with van der Waals surface area (Å²) in [5.74, 6) is 0.000768. The molecule has 1 fully saturated rings. The van der Waals surface area contributed by atoms with E-state index in [9.17, 15) is 9.59 Å². The lowest BCUT2D eigenvalue weighted by atomic mass is 9.83. The number of thioether (sulfide) groups is 2. The lowest BCUT2D eigenvalue weighted by Gasteiger charge is -2.51. The molecule has 1 saturated heterocycles. The van der Waals surface area contributed by atoms with Crippen molar-refractivity contribution in [3.63, 3.8) is 0 Å². The van der Waals surface area contributed by atoms with Crippen molar-refractivity contribution in [2.24, 2.45) is 5.92 Å². The van der Waals surface area contributed by atoms with Crippen molar-refractivity contribution in [1.29, 1.82) is 0 Å². The first-order valence-corrected chi connectivity index (χ1v) is 13.3. The fourth-order valence-electron chi connectivity index (χ4n) is 4.27. The topological polar surface area (TPSA) is 55.8 Å². The van der Waals surface area contributed by atoms with E-state index >= 15 is 0 Å². The summed E-state index contributed by atoms with van der Waals surface area (Å²) in [6, 6.07) is 28.1. The average Bonchev–Trinajstić information content (AvgIpc) is 2.86. The van der Waals surface area contributed by atoms with E-state index in [1.165, 1.54) is 6.92 Å². The van der Waals surface area contributed by atoms with E-state index in [1.807, 2.05) is 72.5 Å². The zero-order valence-electron chi connectivity index (χ0n) is 20.0. The van der Waals surface area contributed by atoms with Gasteiger partial charge in [0.15, 0.2) is 0 Å². The summed E-state index contributed by atoms with van der Waals surface area (Å²) in [5.41, 5.74) is 1.02. The van der Waals surface area contributed by atoms with Crippen LogP contribution in [0, 0.1) is 5.92 Å². The Morgan fingerprint density at radius 3 is 1.94 bits per heavy atom. The molecular formula is C28H29NO4S2. The number of carbonyl (C=O) groups excluding carboxylic acids is 2. The fraction of sp³-hybridized carbons (Fsp3) is 0.286. The summed E-state index contributed by atoms with van der Waals surface area (Å²) in [6.07, 6.45) is -0.507. The van der Waals surface area contributed by atoms with E-state index in [4.69, 9.17) is 9.47 Å². The summed E-state index contributed by atoms with van der Waals surface area (Å²) in [5, 5.41) is 0. The number of rotatable bonds is 10. The van der Waals surface area contributed by atoms with Crippen molar-refractivity contribution in [3.8, 4) is 5.75 Å². The third kappa shape index (κ3) is 6.21. The number of hydrogen-bond donors (Lipinski definition) is 0. The molecule has 0 unspecified atom stereocenters. The summed E-state index contributed by atoms with van der Waals surface area (Å²) >= 11 is 3.48. The number of likely N-dealkylation sites (tertiary alicyclic amines) is 1. The molecule has 1 heterocycles. The Labute approximate surface area is 215 Å². The molecule has 4 rings (SSSR count). The monoisotopic (exact) mass is 507 g/mol. The highest BCUT2D eigenvalue weighted by Crippen LogP contribution is 2.47.